The fourth-order valence-corrected chi connectivity index (χ4v) is 6.10. The molecule has 0 radical (unpaired) electrons. The zero-order chi connectivity index (χ0) is 27.7. The van der Waals surface area contributed by atoms with Crippen molar-refractivity contribution in [3.63, 3.8) is 0 Å². The minimum absolute atomic E-state index is 0.134. The predicted octanol–water partition coefficient (Wildman–Crippen LogP) is 3.11. The molecule has 208 valence electrons. The number of piperidine rings is 1. The zero-order valence-corrected chi connectivity index (χ0v) is 22.4. The summed E-state index contributed by atoms with van der Waals surface area (Å²) >= 11 is 0. The van der Waals surface area contributed by atoms with Gasteiger partial charge in [-0.2, -0.15) is 4.72 Å². The van der Waals surface area contributed by atoms with Crippen molar-refractivity contribution in [2.45, 2.75) is 42.7 Å². The molecule has 0 spiro atoms. The van der Waals surface area contributed by atoms with Crippen LogP contribution in [-0.2, 0) is 21.2 Å². The Balaban J connectivity index is 1.56. The van der Waals surface area contributed by atoms with Crippen LogP contribution in [0.15, 0.2) is 78.2 Å². The van der Waals surface area contributed by atoms with Gasteiger partial charge in [-0.25, -0.2) is 8.42 Å². The highest BCUT2D eigenvalue weighted by Gasteiger charge is 2.33. The van der Waals surface area contributed by atoms with Crippen LogP contribution in [0.5, 0.6) is 0 Å². The van der Waals surface area contributed by atoms with Crippen LogP contribution in [0.1, 0.15) is 36.4 Å². The molecule has 0 unspecified atom stereocenters. The number of carbonyl (C=O) groups is 1. The Bertz CT molecular complexity index is 1310. The molecule has 3 N–H and O–H groups in total. The molecule has 39 heavy (non-hydrogen) atoms. The van der Waals surface area contributed by atoms with Gasteiger partial charge in [0.1, 0.15) is 10.9 Å². The first kappa shape index (κ1) is 28.6. The van der Waals surface area contributed by atoms with Gasteiger partial charge in [0.05, 0.1) is 25.0 Å². The first-order chi connectivity index (χ1) is 18.9. The lowest BCUT2D eigenvalue weighted by Gasteiger charge is -2.34. The first-order valence-electron chi connectivity index (χ1n) is 13.0. The zero-order valence-electron chi connectivity index (χ0n) is 21.6. The van der Waals surface area contributed by atoms with Gasteiger partial charge in [0.15, 0.2) is 0 Å². The highest BCUT2D eigenvalue weighted by molar-refractivity contribution is 7.89. The smallest absolute Gasteiger partial charge is 0.245 e. The number of aromatic nitrogens is 2. The predicted molar refractivity (Wildman–Crippen MR) is 146 cm³/mol. The van der Waals surface area contributed by atoms with E-state index in [1.165, 1.54) is 30.9 Å². The number of nitrogens with one attached hydrogen (secondary N) is 2. The topological polar surface area (TPSA) is 125 Å². The molecular formula is C28H34FN5O4S. The Morgan fingerprint density at radius 2 is 1.74 bits per heavy atom. The van der Waals surface area contributed by atoms with E-state index in [1.54, 1.807) is 17.0 Å². The number of aliphatic hydroxyl groups is 1. The van der Waals surface area contributed by atoms with Gasteiger partial charge in [-0.05, 0) is 60.9 Å². The number of likely N-dealkylation sites (tertiary alicyclic amines) is 1. The number of benzene rings is 1. The third-order valence-electron chi connectivity index (χ3n) is 6.98. The summed E-state index contributed by atoms with van der Waals surface area (Å²) in [5.41, 5.74) is 1.71. The quantitative estimate of drug-likeness (QED) is 0.314. The third kappa shape index (κ3) is 7.59. The lowest BCUT2D eigenvalue weighted by Crippen LogP contribution is -2.46. The second-order valence-corrected chi connectivity index (χ2v) is 11.3. The normalized spacial score (nSPS) is 16.0. The minimum Gasteiger partial charge on any atom is -0.394 e. The van der Waals surface area contributed by atoms with Gasteiger partial charge in [-0.1, -0.05) is 30.3 Å². The van der Waals surface area contributed by atoms with E-state index >= 15 is 0 Å². The molecule has 2 atom stereocenters. The van der Waals surface area contributed by atoms with E-state index in [1.807, 2.05) is 30.3 Å². The summed E-state index contributed by atoms with van der Waals surface area (Å²) in [6.45, 7) is 0.261. The van der Waals surface area contributed by atoms with E-state index in [2.05, 4.69) is 20.0 Å². The molecule has 1 aliphatic rings. The molecular weight excluding hydrogens is 521 g/mol. The van der Waals surface area contributed by atoms with Crippen LogP contribution < -0.4 is 10.0 Å². The second kappa shape index (κ2) is 13.6. The maximum absolute atomic E-state index is 13.7. The Morgan fingerprint density at radius 1 is 1.05 bits per heavy atom. The number of sulfonamides is 1. The number of alkyl halides is 1. The fourth-order valence-electron chi connectivity index (χ4n) is 4.81. The molecule has 1 aromatic carbocycles. The molecule has 1 fully saturated rings. The number of nitrogens with zero attached hydrogens (tertiary/aromatic N) is 3. The summed E-state index contributed by atoms with van der Waals surface area (Å²) in [4.78, 5) is 23.1. The van der Waals surface area contributed by atoms with Crippen molar-refractivity contribution < 1.29 is 22.7 Å². The third-order valence-corrected chi connectivity index (χ3v) is 8.43. The van der Waals surface area contributed by atoms with Crippen LogP contribution in [0.4, 0.5) is 10.1 Å². The van der Waals surface area contributed by atoms with Crippen LogP contribution in [-0.4, -0.2) is 66.7 Å². The monoisotopic (exact) mass is 555 g/mol. The summed E-state index contributed by atoms with van der Waals surface area (Å²) in [5, 5.41) is 13.1. The van der Waals surface area contributed by atoms with Crippen LogP contribution in [0.25, 0.3) is 0 Å². The van der Waals surface area contributed by atoms with Gasteiger partial charge in [-0.15, -0.1) is 0 Å². The molecule has 2 aromatic heterocycles. The number of halogens is 1. The van der Waals surface area contributed by atoms with Crippen molar-refractivity contribution in [3.8, 4) is 0 Å². The number of pyridine rings is 2. The number of carbonyl (C=O) groups excluding carboxylic acids is 1. The number of aliphatic hydroxyl groups excluding tert-OH is 1. The van der Waals surface area contributed by atoms with Gasteiger partial charge >= 0.3 is 0 Å². The number of hydrogen-bond acceptors (Lipinski definition) is 7. The largest absolute Gasteiger partial charge is 0.394 e. The standard InChI is InChI=1S/C28H34FN5O4S/c29-12-6-21-10-16-34(17-11-21)28(36)27(23-7-13-30-14-8-23)33-39(37,38)26-19-31-15-9-25(26)32-24(20-35)18-22-4-2-1-3-5-22/h1-5,7-9,13-15,19,21,24,27,33,35H,6,10-12,16-18,20H2,(H,31,32)/t24-,27-/m0/s1. The number of rotatable bonds is 12. The molecule has 11 heteroatoms. The molecule has 0 bridgehead atoms. The van der Waals surface area contributed by atoms with Crippen molar-refractivity contribution in [1.82, 2.24) is 19.6 Å². The van der Waals surface area contributed by atoms with E-state index in [9.17, 15) is 22.7 Å². The molecule has 3 aromatic rings. The van der Waals surface area contributed by atoms with Crippen LogP contribution in [0.2, 0.25) is 0 Å². The van der Waals surface area contributed by atoms with Gasteiger partial charge in [0.2, 0.25) is 15.9 Å². The maximum atomic E-state index is 13.7. The first-order valence-corrected chi connectivity index (χ1v) is 14.5. The van der Waals surface area contributed by atoms with Gasteiger partial charge in [-0.3, -0.25) is 19.2 Å². The van der Waals surface area contributed by atoms with E-state index in [-0.39, 0.29) is 35.7 Å². The summed E-state index contributed by atoms with van der Waals surface area (Å²) in [6.07, 6.45) is 7.98. The van der Waals surface area contributed by atoms with Gasteiger partial charge in [0, 0.05) is 37.9 Å². The van der Waals surface area contributed by atoms with Crippen LogP contribution >= 0.6 is 0 Å². The van der Waals surface area contributed by atoms with Crippen molar-refractivity contribution in [2.75, 3.05) is 31.7 Å². The van der Waals surface area contributed by atoms with Gasteiger partial charge < -0.3 is 15.3 Å². The summed E-state index contributed by atoms with van der Waals surface area (Å²) in [5.74, 6) is -0.159. The van der Waals surface area contributed by atoms with Crippen molar-refractivity contribution in [3.05, 3.63) is 84.4 Å². The Kier molecular flexibility index (Phi) is 9.96. The number of hydrogen-bond donors (Lipinski definition) is 3. The highest BCUT2D eigenvalue weighted by Crippen LogP contribution is 2.27. The van der Waals surface area contributed by atoms with Crippen molar-refractivity contribution in [2.24, 2.45) is 5.92 Å². The Hall–Kier alpha value is -3.41. The SMILES string of the molecule is O=C([C@@H](NS(=O)(=O)c1cnccc1N[C@H](CO)Cc1ccccc1)c1ccncc1)N1CCC(CCF)CC1. The minimum atomic E-state index is -4.24. The Labute approximate surface area is 228 Å². The molecule has 3 heterocycles. The average molecular weight is 556 g/mol. The van der Waals surface area contributed by atoms with E-state index in [0.717, 1.165) is 5.56 Å². The molecule has 1 saturated heterocycles. The maximum Gasteiger partial charge on any atom is 0.245 e. The number of amides is 1. The average Bonchev–Trinajstić information content (AvgIpc) is 2.97. The molecule has 0 saturated carbocycles. The number of anilines is 1. The van der Waals surface area contributed by atoms with Crippen molar-refractivity contribution in [1.29, 1.82) is 0 Å². The molecule has 1 amide bonds. The van der Waals surface area contributed by atoms with E-state index < -0.39 is 22.1 Å². The summed E-state index contributed by atoms with van der Waals surface area (Å²) < 4.78 is 42.8. The lowest BCUT2D eigenvalue weighted by molar-refractivity contribution is -0.134. The van der Waals surface area contributed by atoms with Crippen LogP contribution in [0.3, 0.4) is 0 Å². The van der Waals surface area contributed by atoms with Crippen LogP contribution in [0, 0.1) is 5.92 Å². The fraction of sp³-hybridized carbons (Fsp3) is 0.393. The Morgan fingerprint density at radius 3 is 2.41 bits per heavy atom. The molecule has 4 rings (SSSR count). The second-order valence-electron chi connectivity index (χ2n) is 9.67. The molecule has 0 aliphatic carbocycles. The molecule has 1 aliphatic heterocycles. The summed E-state index contributed by atoms with van der Waals surface area (Å²) in [6, 6.07) is 12.7. The lowest BCUT2D eigenvalue weighted by atomic mass is 9.93. The van der Waals surface area contributed by atoms with E-state index in [0.29, 0.717) is 44.3 Å². The highest BCUT2D eigenvalue weighted by atomic mass is 32.2. The molecule has 9 nitrogen and oxygen atoms in total. The van der Waals surface area contributed by atoms with E-state index in [4.69, 9.17) is 0 Å². The van der Waals surface area contributed by atoms with Crippen molar-refractivity contribution >= 4 is 21.6 Å². The van der Waals surface area contributed by atoms with Gasteiger partial charge in [0.25, 0.3) is 0 Å². The summed E-state index contributed by atoms with van der Waals surface area (Å²) in [7, 11) is -4.24.